The molecular formula is C24H26F6N2O4S. The van der Waals surface area contributed by atoms with Crippen LogP contribution in [0.1, 0.15) is 48.8 Å². The SMILES string of the molecule is COc1ccc(C)cc1S(=O)(=O)N(CC(=O)Nc1cc(C(F)(F)F)cc(C(F)(F)F)c1)C1CCCCC1. The number of methoxy groups -OCH3 is 1. The zero-order chi connectivity index (χ0) is 27.6. The van der Waals surface area contributed by atoms with Gasteiger partial charge < -0.3 is 10.1 Å². The number of sulfonamides is 1. The summed E-state index contributed by atoms with van der Waals surface area (Å²) >= 11 is 0. The number of alkyl halides is 6. The number of benzene rings is 2. The minimum Gasteiger partial charge on any atom is -0.495 e. The Morgan fingerprint density at radius 1 is 0.973 bits per heavy atom. The first-order valence-corrected chi connectivity index (χ1v) is 12.8. The number of amides is 1. The van der Waals surface area contributed by atoms with Crippen LogP contribution in [0.2, 0.25) is 0 Å². The number of aryl methyl sites for hydroxylation is 1. The molecule has 0 bridgehead atoms. The predicted octanol–water partition coefficient (Wildman–Crippen LogP) is 6.00. The number of carbonyl (C=O) groups is 1. The molecule has 0 atom stereocenters. The third-order valence-electron chi connectivity index (χ3n) is 6.06. The van der Waals surface area contributed by atoms with Crippen LogP contribution in [0.3, 0.4) is 0 Å². The average molecular weight is 553 g/mol. The largest absolute Gasteiger partial charge is 0.495 e. The molecule has 2 aromatic carbocycles. The van der Waals surface area contributed by atoms with Crippen LogP contribution in [0, 0.1) is 6.92 Å². The number of nitrogens with one attached hydrogen (secondary N) is 1. The van der Waals surface area contributed by atoms with Crippen LogP contribution < -0.4 is 10.1 Å². The third kappa shape index (κ3) is 6.95. The summed E-state index contributed by atoms with van der Waals surface area (Å²) in [5, 5.41) is 2.02. The van der Waals surface area contributed by atoms with Crippen molar-refractivity contribution in [2.24, 2.45) is 0 Å². The van der Waals surface area contributed by atoms with E-state index in [1.54, 1.807) is 13.0 Å². The van der Waals surface area contributed by atoms with Crippen LogP contribution in [-0.2, 0) is 27.2 Å². The zero-order valence-corrected chi connectivity index (χ0v) is 20.9. The molecule has 0 unspecified atom stereocenters. The fourth-order valence-electron chi connectivity index (χ4n) is 4.26. The van der Waals surface area contributed by atoms with Gasteiger partial charge in [-0.2, -0.15) is 30.6 Å². The first kappa shape index (κ1) is 28.8. The van der Waals surface area contributed by atoms with Gasteiger partial charge in [0.1, 0.15) is 10.6 Å². The summed E-state index contributed by atoms with van der Waals surface area (Å²) in [7, 11) is -3.04. The lowest BCUT2D eigenvalue weighted by Crippen LogP contribution is -2.45. The number of ether oxygens (including phenoxy) is 1. The second-order valence-corrected chi connectivity index (χ2v) is 10.7. The highest BCUT2D eigenvalue weighted by Gasteiger charge is 2.38. The molecule has 0 radical (unpaired) electrons. The maximum absolute atomic E-state index is 13.7. The van der Waals surface area contributed by atoms with Crippen molar-refractivity contribution in [2.45, 2.75) is 62.3 Å². The maximum Gasteiger partial charge on any atom is 0.416 e. The van der Waals surface area contributed by atoms with E-state index in [2.05, 4.69) is 0 Å². The van der Waals surface area contributed by atoms with Gasteiger partial charge in [0.2, 0.25) is 15.9 Å². The predicted molar refractivity (Wildman–Crippen MR) is 124 cm³/mol. The lowest BCUT2D eigenvalue weighted by atomic mass is 9.95. The van der Waals surface area contributed by atoms with Crippen molar-refractivity contribution in [3.05, 3.63) is 53.1 Å². The smallest absolute Gasteiger partial charge is 0.416 e. The lowest BCUT2D eigenvalue weighted by molar-refractivity contribution is -0.143. The highest BCUT2D eigenvalue weighted by molar-refractivity contribution is 7.89. The van der Waals surface area contributed by atoms with Crippen molar-refractivity contribution in [1.29, 1.82) is 0 Å². The first-order chi connectivity index (χ1) is 17.1. The molecule has 37 heavy (non-hydrogen) atoms. The average Bonchev–Trinajstić information content (AvgIpc) is 2.81. The first-order valence-electron chi connectivity index (χ1n) is 11.4. The summed E-state index contributed by atoms with van der Waals surface area (Å²) < 4.78 is 113. The van der Waals surface area contributed by atoms with Crippen molar-refractivity contribution >= 4 is 21.6 Å². The molecule has 1 N–H and O–H groups in total. The van der Waals surface area contributed by atoms with E-state index in [0.717, 1.165) is 10.7 Å². The van der Waals surface area contributed by atoms with Gasteiger partial charge in [0, 0.05) is 11.7 Å². The van der Waals surface area contributed by atoms with E-state index >= 15 is 0 Å². The summed E-state index contributed by atoms with van der Waals surface area (Å²) in [4.78, 5) is 12.7. The topological polar surface area (TPSA) is 75.7 Å². The summed E-state index contributed by atoms with van der Waals surface area (Å²) in [5.41, 5.74) is -3.34. The number of rotatable bonds is 7. The fraction of sp³-hybridized carbons (Fsp3) is 0.458. The Balaban J connectivity index is 1.97. The number of carbonyl (C=O) groups excluding carboxylic acids is 1. The van der Waals surface area contributed by atoms with Gasteiger partial charge in [-0.3, -0.25) is 4.79 Å². The molecule has 0 heterocycles. The van der Waals surface area contributed by atoms with E-state index in [-0.39, 0.29) is 16.7 Å². The van der Waals surface area contributed by atoms with Crippen molar-refractivity contribution in [3.63, 3.8) is 0 Å². The molecule has 1 saturated carbocycles. The number of anilines is 1. The summed E-state index contributed by atoms with van der Waals surface area (Å²) in [6.07, 6.45) is -7.03. The monoisotopic (exact) mass is 552 g/mol. The summed E-state index contributed by atoms with van der Waals surface area (Å²) in [6, 6.07) is 4.58. The molecule has 13 heteroatoms. The second kappa shape index (κ2) is 10.9. The van der Waals surface area contributed by atoms with E-state index in [4.69, 9.17) is 4.74 Å². The van der Waals surface area contributed by atoms with Gasteiger partial charge in [-0.25, -0.2) is 8.42 Å². The van der Waals surface area contributed by atoms with E-state index in [0.29, 0.717) is 43.4 Å². The van der Waals surface area contributed by atoms with Crippen molar-refractivity contribution in [2.75, 3.05) is 19.0 Å². The van der Waals surface area contributed by atoms with Crippen LogP contribution in [0.25, 0.3) is 0 Å². The number of nitrogens with zero attached hydrogens (tertiary/aromatic N) is 1. The molecule has 3 rings (SSSR count). The van der Waals surface area contributed by atoms with Crippen molar-refractivity contribution in [3.8, 4) is 5.75 Å². The molecule has 0 spiro atoms. The fourth-order valence-corrected chi connectivity index (χ4v) is 6.14. The van der Waals surface area contributed by atoms with Gasteiger partial charge in [-0.05, 0) is 55.7 Å². The maximum atomic E-state index is 13.7. The highest BCUT2D eigenvalue weighted by atomic mass is 32.2. The Labute approximate surface area is 210 Å². The molecule has 1 aliphatic rings. The second-order valence-electron chi connectivity index (χ2n) is 8.84. The van der Waals surface area contributed by atoms with Gasteiger partial charge in [-0.15, -0.1) is 0 Å². The lowest BCUT2D eigenvalue weighted by Gasteiger charge is -2.33. The van der Waals surface area contributed by atoms with Crippen LogP contribution in [-0.4, -0.2) is 38.3 Å². The quantitative estimate of drug-likeness (QED) is 0.428. The third-order valence-corrected chi connectivity index (χ3v) is 7.98. The van der Waals surface area contributed by atoms with E-state index < -0.39 is 57.7 Å². The van der Waals surface area contributed by atoms with Crippen LogP contribution in [0.4, 0.5) is 32.0 Å². The van der Waals surface area contributed by atoms with Gasteiger partial charge in [-0.1, -0.05) is 25.3 Å². The molecular weight excluding hydrogens is 526 g/mol. The normalized spacial score (nSPS) is 15.6. The number of hydrogen-bond donors (Lipinski definition) is 1. The molecule has 1 aliphatic carbocycles. The molecule has 1 fully saturated rings. The standard InChI is InChI=1S/C24H26F6N2O4S/c1-15-8-9-20(36-2)21(10-15)37(34,35)32(19-6-4-3-5-7-19)14-22(33)31-18-12-16(23(25,26)27)11-17(13-18)24(28,29)30/h8-13,19H,3-7,14H2,1-2H3,(H,31,33). The summed E-state index contributed by atoms with van der Waals surface area (Å²) in [5.74, 6) is -1.03. The molecule has 1 amide bonds. The number of hydrogen-bond acceptors (Lipinski definition) is 4. The van der Waals surface area contributed by atoms with Crippen LogP contribution in [0.15, 0.2) is 41.3 Å². The Morgan fingerprint density at radius 3 is 2.05 bits per heavy atom. The molecule has 0 aromatic heterocycles. The Morgan fingerprint density at radius 2 is 1.54 bits per heavy atom. The van der Waals surface area contributed by atoms with E-state index in [1.807, 2.05) is 5.32 Å². The van der Waals surface area contributed by atoms with Gasteiger partial charge >= 0.3 is 12.4 Å². The van der Waals surface area contributed by atoms with Crippen LogP contribution >= 0.6 is 0 Å². The Kier molecular flexibility index (Phi) is 8.47. The van der Waals surface area contributed by atoms with E-state index in [1.165, 1.54) is 19.2 Å². The van der Waals surface area contributed by atoms with Crippen LogP contribution in [0.5, 0.6) is 5.75 Å². The summed E-state index contributed by atoms with van der Waals surface area (Å²) in [6.45, 7) is 0.865. The molecule has 204 valence electrons. The van der Waals surface area contributed by atoms with E-state index in [9.17, 15) is 39.6 Å². The Bertz CT molecular complexity index is 1210. The minimum atomic E-state index is -5.10. The molecule has 2 aromatic rings. The van der Waals surface area contributed by atoms with Gasteiger partial charge in [0.25, 0.3) is 0 Å². The molecule has 6 nitrogen and oxygen atoms in total. The zero-order valence-electron chi connectivity index (χ0n) is 20.0. The van der Waals surface area contributed by atoms with Gasteiger partial charge in [0.15, 0.2) is 0 Å². The van der Waals surface area contributed by atoms with Gasteiger partial charge in [0.05, 0.1) is 24.8 Å². The molecule has 0 aliphatic heterocycles. The number of halogens is 6. The van der Waals surface area contributed by atoms with Crippen molar-refractivity contribution < 1.29 is 44.3 Å². The van der Waals surface area contributed by atoms with Crippen molar-refractivity contribution in [1.82, 2.24) is 4.31 Å². The minimum absolute atomic E-state index is 0.0412. The Hall–Kier alpha value is -2.80. The molecule has 0 saturated heterocycles. The highest BCUT2D eigenvalue weighted by Crippen LogP contribution is 2.38.